The van der Waals surface area contributed by atoms with Gasteiger partial charge in [0.2, 0.25) is 11.8 Å². The molecular weight excluding hydrogens is 380 g/mol. The molecule has 1 aliphatic rings. The standard InChI is InChI=1S/C20H18N2O5S/c1-28-16-4-2-3-14(11-16)21-17(23)12-27-20(26)13-5-7-15(8-6-13)22-18(24)9-10-19(22)25/h2-8,11H,9-10,12H2,1H3,(H,21,23). The highest BCUT2D eigenvalue weighted by molar-refractivity contribution is 7.98. The lowest BCUT2D eigenvalue weighted by Gasteiger charge is -2.14. The number of hydrogen-bond donors (Lipinski definition) is 1. The summed E-state index contributed by atoms with van der Waals surface area (Å²) in [5.74, 6) is -1.64. The molecule has 0 aliphatic carbocycles. The first-order valence-electron chi connectivity index (χ1n) is 8.55. The van der Waals surface area contributed by atoms with Crippen molar-refractivity contribution in [1.29, 1.82) is 0 Å². The minimum atomic E-state index is -0.668. The van der Waals surface area contributed by atoms with Gasteiger partial charge in [0.15, 0.2) is 6.61 Å². The average Bonchev–Trinajstić information content (AvgIpc) is 3.04. The van der Waals surface area contributed by atoms with E-state index in [0.717, 1.165) is 9.80 Å². The van der Waals surface area contributed by atoms with E-state index in [9.17, 15) is 19.2 Å². The maximum absolute atomic E-state index is 12.1. The first-order chi connectivity index (χ1) is 13.5. The van der Waals surface area contributed by atoms with Crippen LogP contribution in [0.2, 0.25) is 0 Å². The number of amides is 3. The molecule has 0 aromatic heterocycles. The fourth-order valence-electron chi connectivity index (χ4n) is 2.72. The first-order valence-corrected chi connectivity index (χ1v) is 9.77. The molecule has 0 atom stereocenters. The topological polar surface area (TPSA) is 92.8 Å². The van der Waals surface area contributed by atoms with Crippen LogP contribution in [0.4, 0.5) is 11.4 Å². The van der Waals surface area contributed by atoms with E-state index in [1.165, 1.54) is 24.3 Å². The zero-order valence-corrected chi connectivity index (χ0v) is 16.0. The highest BCUT2D eigenvalue weighted by Gasteiger charge is 2.30. The minimum absolute atomic E-state index is 0.192. The van der Waals surface area contributed by atoms with Crippen LogP contribution < -0.4 is 10.2 Å². The number of thioether (sulfide) groups is 1. The summed E-state index contributed by atoms with van der Waals surface area (Å²) in [5.41, 5.74) is 1.26. The minimum Gasteiger partial charge on any atom is -0.452 e. The first kappa shape index (κ1) is 19.6. The zero-order valence-electron chi connectivity index (χ0n) is 15.1. The molecule has 1 aliphatic heterocycles. The number of nitrogens with one attached hydrogen (secondary N) is 1. The number of anilines is 2. The maximum Gasteiger partial charge on any atom is 0.338 e. The Labute approximate surface area is 166 Å². The van der Waals surface area contributed by atoms with E-state index in [4.69, 9.17) is 4.74 Å². The Balaban J connectivity index is 1.55. The number of esters is 1. The molecule has 2 aromatic carbocycles. The Morgan fingerprint density at radius 2 is 1.75 bits per heavy atom. The molecule has 144 valence electrons. The fourth-order valence-corrected chi connectivity index (χ4v) is 3.18. The lowest BCUT2D eigenvalue weighted by molar-refractivity contribution is -0.121. The fraction of sp³-hybridized carbons (Fsp3) is 0.200. The Morgan fingerprint density at radius 1 is 1.07 bits per heavy atom. The number of benzene rings is 2. The smallest absolute Gasteiger partial charge is 0.338 e. The SMILES string of the molecule is CSc1cccc(NC(=O)COC(=O)c2ccc(N3C(=O)CCC3=O)cc2)c1. The van der Waals surface area contributed by atoms with Gasteiger partial charge in [0.1, 0.15) is 0 Å². The van der Waals surface area contributed by atoms with Crippen LogP contribution in [-0.2, 0) is 19.1 Å². The van der Waals surface area contributed by atoms with Gasteiger partial charge in [-0.05, 0) is 48.7 Å². The summed E-state index contributed by atoms with van der Waals surface area (Å²) in [6.45, 7) is -0.423. The molecule has 0 spiro atoms. The van der Waals surface area contributed by atoms with Gasteiger partial charge in [0, 0.05) is 23.4 Å². The van der Waals surface area contributed by atoms with Crippen molar-refractivity contribution in [2.24, 2.45) is 0 Å². The highest BCUT2D eigenvalue weighted by Crippen LogP contribution is 2.23. The van der Waals surface area contributed by atoms with Gasteiger partial charge in [0.25, 0.3) is 5.91 Å². The molecule has 1 N–H and O–H groups in total. The molecule has 0 radical (unpaired) electrons. The van der Waals surface area contributed by atoms with Crippen molar-refractivity contribution in [2.75, 3.05) is 23.1 Å². The average molecular weight is 398 g/mol. The molecule has 0 saturated carbocycles. The normalized spacial score (nSPS) is 13.5. The van der Waals surface area contributed by atoms with E-state index in [1.54, 1.807) is 17.8 Å². The summed E-state index contributed by atoms with van der Waals surface area (Å²) in [7, 11) is 0. The van der Waals surface area contributed by atoms with E-state index in [0.29, 0.717) is 11.4 Å². The maximum atomic E-state index is 12.1. The van der Waals surface area contributed by atoms with Gasteiger partial charge in [0.05, 0.1) is 11.3 Å². The van der Waals surface area contributed by atoms with Crippen molar-refractivity contribution in [3.05, 3.63) is 54.1 Å². The number of hydrogen-bond acceptors (Lipinski definition) is 6. The predicted molar refractivity (Wildman–Crippen MR) is 105 cm³/mol. The second-order valence-corrected chi connectivity index (χ2v) is 6.91. The summed E-state index contributed by atoms with van der Waals surface area (Å²) in [5, 5.41) is 2.67. The van der Waals surface area contributed by atoms with Crippen LogP contribution in [0.15, 0.2) is 53.4 Å². The molecule has 1 heterocycles. The number of rotatable bonds is 6. The Morgan fingerprint density at radius 3 is 2.39 bits per heavy atom. The van der Waals surface area contributed by atoms with Crippen LogP contribution in [0.25, 0.3) is 0 Å². The zero-order chi connectivity index (χ0) is 20.1. The van der Waals surface area contributed by atoms with Gasteiger partial charge in [-0.25, -0.2) is 4.79 Å². The second kappa shape index (κ2) is 8.71. The molecule has 7 nitrogen and oxygen atoms in total. The van der Waals surface area contributed by atoms with Crippen LogP contribution in [0.5, 0.6) is 0 Å². The molecule has 1 saturated heterocycles. The van der Waals surface area contributed by atoms with E-state index < -0.39 is 18.5 Å². The molecule has 0 bridgehead atoms. The summed E-state index contributed by atoms with van der Waals surface area (Å²) in [6.07, 6.45) is 2.32. The van der Waals surface area contributed by atoms with Gasteiger partial charge in [-0.3, -0.25) is 19.3 Å². The van der Waals surface area contributed by atoms with E-state index in [-0.39, 0.29) is 30.2 Å². The van der Waals surface area contributed by atoms with E-state index in [1.807, 2.05) is 24.5 Å². The molecule has 3 rings (SSSR count). The third-order valence-electron chi connectivity index (χ3n) is 4.10. The largest absolute Gasteiger partial charge is 0.452 e. The molecule has 3 amide bonds. The summed E-state index contributed by atoms with van der Waals surface area (Å²) in [4.78, 5) is 49.7. The number of ether oxygens (including phenoxy) is 1. The summed E-state index contributed by atoms with van der Waals surface area (Å²) < 4.78 is 5.02. The van der Waals surface area contributed by atoms with Crippen LogP contribution in [-0.4, -0.2) is 36.6 Å². The van der Waals surface area contributed by atoms with E-state index in [2.05, 4.69) is 5.32 Å². The summed E-state index contributed by atoms with van der Waals surface area (Å²) >= 11 is 1.55. The van der Waals surface area contributed by atoms with Crippen molar-refractivity contribution >= 4 is 46.8 Å². The number of nitrogens with zero attached hydrogens (tertiary/aromatic N) is 1. The van der Waals surface area contributed by atoms with E-state index >= 15 is 0 Å². The molecule has 2 aromatic rings. The van der Waals surface area contributed by atoms with Gasteiger partial charge in [-0.15, -0.1) is 11.8 Å². The Bertz CT molecular complexity index is 910. The van der Waals surface area contributed by atoms with Crippen molar-refractivity contribution in [2.45, 2.75) is 17.7 Å². The Kier molecular flexibility index (Phi) is 6.10. The van der Waals surface area contributed by atoms with Crippen LogP contribution in [0.1, 0.15) is 23.2 Å². The lowest BCUT2D eigenvalue weighted by Crippen LogP contribution is -2.28. The van der Waals surface area contributed by atoms with Gasteiger partial charge < -0.3 is 10.1 Å². The van der Waals surface area contributed by atoms with Crippen molar-refractivity contribution < 1.29 is 23.9 Å². The lowest BCUT2D eigenvalue weighted by atomic mass is 10.2. The predicted octanol–water partition coefficient (Wildman–Crippen LogP) is 2.86. The number of carbonyl (C=O) groups excluding carboxylic acids is 4. The third-order valence-corrected chi connectivity index (χ3v) is 4.83. The molecule has 0 unspecified atom stereocenters. The second-order valence-electron chi connectivity index (χ2n) is 6.03. The van der Waals surface area contributed by atoms with Crippen molar-refractivity contribution in [3.63, 3.8) is 0 Å². The summed E-state index contributed by atoms with van der Waals surface area (Å²) in [6, 6.07) is 13.2. The molecular formula is C20H18N2O5S. The van der Waals surface area contributed by atoms with Gasteiger partial charge in [-0.2, -0.15) is 0 Å². The Hall–Kier alpha value is -3.13. The van der Waals surface area contributed by atoms with Crippen molar-refractivity contribution in [1.82, 2.24) is 0 Å². The van der Waals surface area contributed by atoms with Gasteiger partial charge in [-0.1, -0.05) is 6.07 Å². The quantitative estimate of drug-likeness (QED) is 0.457. The highest BCUT2D eigenvalue weighted by atomic mass is 32.2. The van der Waals surface area contributed by atoms with Crippen LogP contribution in [0.3, 0.4) is 0 Å². The van der Waals surface area contributed by atoms with Gasteiger partial charge >= 0.3 is 5.97 Å². The number of carbonyl (C=O) groups is 4. The van der Waals surface area contributed by atoms with Crippen LogP contribution >= 0.6 is 11.8 Å². The molecule has 1 fully saturated rings. The monoisotopic (exact) mass is 398 g/mol. The molecule has 8 heteroatoms. The van der Waals surface area contributed by atoms with Crippen LogP contribution in [0, 0.1) is 0 Å². The number of imide groups is 1. The van der Waals surface area contributed by atoms with Crippen molar-refractivity contribution in [3.8, 4) is 0 Å². The third kappa shape index (κ3) is 4.58. The molecule has 28 heavy (non-hydrogen) atoms.